The van der Waals surface area contributed by atoms with Gasteiger partial charge in [0, 0.05) is 0 Å². The van der Waals surface area contributed by atoms with Gasteiger partial charge in [0.05, 0.1) is 6.42 Å². The molecule has 124 valence electrons. The first-order chi connectivity index (χ1) is 10.7. The predicted octanol–water partition coefficient (Wildman–Crippen LogP) is 5.78. The van der Waals surface area contributed by atoms with E-state index in [1.807, 2.05) is 12.1 Å². The van der Waals surface area contributed by atoms with E-state index >= 15 is 0 Å². The summed E-state index contributed by atoms with van der Waals surface area (Å²) in [6.07, 6.45) is 14.9. The van der Waals surface area contributed by atoms with Crippen LogP contribution in [0.2, 0.25) is 0 Å². The molecule has 22 heavy (non-hydrogen) atoms. The summed E-state index contributed by atoms with van der Waals surface area (Å²) in [5.74, 6) is -0.762. The van der Waals surface area contributed by atoms with Gasteiger partial charge in [-0.3, -0.25) is 4.79 Å². The molecule has 0 atom stereocenters. The molecule has 0 saturated heterocycles. The van der Waals surface area contributed by atoms with E-state index in [1.54, 1.807) is 0 Å². The maximum atomic E-state index is 10.6. The standard InChI is InChI=1S/C20H32O2/c1-2-3-4-5-6-7-8-9-10-11-12-18-13-15-19(16-14-18)17-20(21)22/h13-16H,2-12,17H2,1H3,(H,21,22). The van der Waals surface area contributed by atoms with Gasteiger partial charge in [0.15, 0.2) is 0 Å². The van der Waals surface area contributed by atoms with Crippen LogP contribution < -0.4 is 0 Å². The molecule has 0 saturated carbocycles. The van der Waals surface area contributed by atoms with Gasteiger partial charge in [-0.2, -0.15) is 0 Å². The van der Waals surface area contributed by atoms with Crippen LogP contribution >= 0.6 is 0 Å². The Balaban J connectivity index is 1.99. The second-order valence-corrected chi connectivity index (χ2v) is 6.32. The number of carboxylic acid groups (broad SMARTS) is 1. The Labute approximate surface area is 135 Å². The van der Waals surface area contributed by atoms with E-state index < -0.39 is 5.97 Å². The summed E-state index contributed by atoms with van der Waals surface area (Å²) in [7, 11) is 0. The number of aryl methyl sites for hydroxylation is 1. The summed E-state index contributed by atoms with van der Waals surface area (Å²) in [6, 6.07) is 8.04. The highest BCUT2D eigenvalue weighted by molar-refractivity contribution is 5.70. The lowest BCUT2D eigenvalue weighted by atomic mass is 10.0. The third-order valence-corrected chi connectivity index (χ3v) is 4.20. The van der Waals surface area contributed by atoms with Crippen molar-refractivity contribution >= 4 is 5.97 Å². The van der Waals surface area contributed by atoms with Gasteiger partial charge in [0.1, 0.15) is 0 Å². The molecule has 0 aliphatic heterocycles. The fraction of sp³-hybridized carbons (Fsp3) is 0.650. The van der Waals surface area contributed by atoms with Crippen LogP contribution in [0.1, 0.15) is 82.3 Å². The molecule has 0 aliphatic carbocycles. The number of hydrogen-bond donors (Lipinski definition) is 1. The molecule has 2 heteroatoms. The second-order valence-electron chi connectivity index (χ2n) is 6.32. The van der Waals surface area contributed by atoms with Gasteiger partial charge in [0.2, 0.25) is 0 Å². The van der Waals surface area contributed by atoms with Crippen molar-refractivity contribution in [3.63, 3.8) is 0 Å². The van der Waals surface area contributed by atoms with Gasteiger partial charge < -0.3 is 5.11 Å². The lowest BCUT2D eigenvalue weighted by molar-refractivity contribution is -0.136. The van der Waals surface area contributed by atoms with Gasteiger partial charge in [-0.05, 0) is 24.0 Å². The summed E-state index contributed by atoms with van der Waals surface area (Å²) in [4.78, 5) is 10.6. The van der Waals surface area contributed by atoms with Gasteiger partial charge >= 0.3 is 5.97 Å². The predicted molar refractivity (Wildman–Crippen MR) is 93.3 cm³/mol. The molecule has 1 aromatic rings. The van der Waals surface area contributed by atoms with E-state index in [1.165, 1.54) is 69.8 Å². The summed E-state index contributed by atoms with van der Waals surface area (Å²) in [5.41, 5.74) is 2.22. The maximum Gasteiger partial charge on any atom is 0.307 e. The van der Waals surface area contributed by atoms with Gasteiger partial charge in [-0.1, -0.05) is 89.0 Å². The Kier molecular flexibility index (Phi) is 10.4. The summed E-state index contributed by atoms with van der Waals surface area (Å²) < 4.78 is 0. The molecule has 0 bridgehead atoms. The molecule has 2 nitrogen and oxygen atoms in total. The van der Waals surface area contributed by atoms with Crippen molar-refractivity contribution in [3.05, 3.63) is 35.4 Å². The van der Waals surface area contributed by atoms with Gasteiger partial charge in [0.25, 0.3) is 0 Å². The topological polar surface area (TPSA) is 37.3 Å². The molecule has 0 spiro atoms. The Hall–Kier alpha value is -1.31. The Bertz CT molecular complexity index is 395. The third kappa shape index (κ3) is 9.59. The first kappa shape index (κ1) is 18.7. The first-order valence-electron chi connectivity index (χ1n) is 9.02. The highest BCUT2D eigenvalue weighted by Gasteiger charge is 2.00. The van der Waals surface area contributed by atoms with Crippen LogP contribution in [0, 0.1) is 0 Å². The van der Waals surface area contributed by atoms with E-state index in [0.29, 0.717) is 0 Å². The van der Waals surface area contributed by atoms with E-state index in [2.05, 4.69) is 19.1 Å². The highest BCUT2D eigenvalue weighted by atomic mass is 16.4. The van der Waals surface area contributed by atoms with Crippen LogP contribution in [0.15, 0.2) is 24.3 Å². The smallest absolute Gasteiger partial charge is 0.307 e. The molecule has 0 unspecified atom stereocenters. The number of carboxylic acids is 1. The number of unbranched alkanes of at least 4 members (excludes halogenated alkanes) is 9. The lowest BCUT2D eigenvalue weighted by Gasteiger charge is -2.04. The molecule has 1 aromatic carbocycles. The average Bonchev–Trinajstić information content (AvgIpc) is 2.50. The number of hydrogen-bond acceptors (Lipinski definition) is 1. The van der Waals surface area contributed by atoms with Crippen molar-refractivity contribution in [1.29, 1.82) is 0 Å². The Morgan fingerprint density at radius 3 is 1.73 bits per heavy atom. The van der Waals surface area contributed by atoms with Crippen LogP contribution in [0.4, 0.5) is 0 Å². The number of rotatable bonds is 13. The fourth-order valence-electron chi connectivity index (χ4n) is 2.81. The molecule has 0 amide bonds. The minimum atomic E-state index is -0.762. The van der Waals surface area contributed by atoms with Crippen molar-refractivity contribution in [2.45, 2.75) is 84.0 Å². The molecule has 0 heterocycles. The molecule has 1 N–H and O–H groups in total. The monoisotopic (exact) mass is 304 g/mol. The zero-order valence-electron chi connectivity index (χ0n) is 14.2. The number of aliphatic carboxylic acids is 1. The summed E-state index contributed by atoms with van der Waals surface area (Å²) >= 11 is 0. The van der Waals surface area contributed by atoms with Crippen molar-refractivity contribution in [3.8, 4) is 0 Å². The van der Waals surface area contributed by atoms with Gasteiger partial charge in [-0.25, -0.2) is 0 Å². The molecule has 0 aromatic heterocycles. The SMILES string of the molecule is CCCCCCCCCCCCc1ccc(CC(=O)O)cc1. The maximum absolute atomic E-state index is 10.6. The van der Waals surface area contributed by atoms with Crippen LogP contribution in [0.3, 0.4) is 0 Å². The highest BCUT2D eigenvalue weighted by Crippen LogP contribution is 2.13. The second kappa shape index (κ2) is 12.3. The van der Waals surface area contributed by atoms with Crippen molar-refractivity contribution in [2.75, 3.05) is 0 Å². The fourth-order valence-corrected chi connectivity index (χ4v) is 2.81. The van der Waals surface area contributed by atoms with Crippen molar-refractivity contribution in [1.82, 2.24) is 0 Å². The normalized spacial score (nSPS) is 10.8. The molecule has 0 fully saturated rings. The largest absolute Gasteiger partial charge is 0.481 e. The quantitative estimate of drug-likeness (QED) is 0.469. The van der Waals surface area contributed by atoms with Crippen LogP contribution in [0.5, 0.6) is 0 Å². The van der Waals surface area contributed by atoms with E-state index in [0.717, 1.165) is 12.0 Å². The minimum absolute atomic E-state index is 0.124. The van der Waals surface area contributed by atoms with Gasteiger partial charge in [-0.15, -0.1) is 0 Å². The zero-order valence-corrected chi connectivity index (χ0v) is 14.2. The first-order valence-corrected chi connectivity index (χ1v) is 9.02. The van der Waals surface area contributed by atoms with E-state index in [9.17, 15) is 4.79 Å². The Morgan fingerprint density at radius 2 is 1.23 bits per heavy atom. The summed E-state index contributed by atoms with van der Waals surface area (Å²) in [5, 5.41) is 8.74. The van der Waals surface area contributed by atoms with E-state index in [-0.39, 0.29) is 6.42 Å². The van der Waals surface area contributed by atoms with Crippen LogP contribution in [-0.4, -0.2) is 11.1 Å². The summed E-state index contributed by atoms with van der Waals surface area (Å²) in [6.45, 7) is 2.26. The molecule has 1 rings (SSSR count). The van der Waals surface area contributed by atoms with Crippen LogP contribution in [-0.2, 0) is 17.6 Å². The molecule has 0 radical (unpaired) electrons. The molecule has 0 aliphatic rings. The lowest BCUT2D eigenvalue weighted by Crippen LogP contribution is -1.99. The number of benzene rings is 1. The van der Waals surface area contributed by atoms with Crippen molar-refractivity contribution < 1.29 is 9.90 Å². The molecular formula is C20H32O2. The van der Waals surface area contributed by atoms with Crippen LogP contribution in [0.25, 0.3) is 0 Å². The van der Waals surface area contributed by atoms with Crippen molar-refractivity contribution in [2.24, 2.45) is 0 Å². The molecular weight excluding hydrogens is 272 g/mol. The number of carbonyl (C=O) groups is 1. The zero-order chi connectivity index (χ0) is 16.0. The Morgan fingerprint density at radius 1 is 0.773 bits per heavy atom. The third-order valence-electron chi connectivity index (χ3n) is 4.20. The average molecular weight is 304 g/mol. The minimum Gasteiger partial charge on any atom is -0.481 e. The van der Waals surface area contributed by atoms with E-state index in [4.69, 9.17) is 5.11 Å².